The molecule has 2 rings (SSSR count). The summed E-state index contributed by atoms with van der Waals surface area (Å²) in [6.07, 6.45) is -4.50. The molecule has 24 heavy (non-hydrogen) atoms. The summed E-state index contributed by atoms with van der Waals surface area (Å²) in [6, 6.07) is 2.15. The molecule has 1 unspecified atom stereocenters. The molecule has 134 valence electrons. The van der Waals surface area contributed by atoms with Gasteiger partial charge in [0.15, 0.2) is 0 Å². The predicted molar refractivity (Wildman–Crippen MR) is 80.1 cm³/mol. The van der Waals surface area contributed by atoms with E-state index in [-0.39, 0.29) is 24.3 Å². The van der Waals surface area contributed by atoms with E-state index in [4.69, 9.17) is 0 Å². The maximum atomic E-state index is 12.9. The first-order valence-corrected chi connectivity index (χ1v) is 8.71. The molecule has 1 aliphatic rings. The molecule has 0 amide bonds. The fraction of sp³-hybridized carbons (Fsp3) is 0.571. The van der Waals surface area contributed by atoms with Crippen molar-refractivity contribution in [1.29, 1.82) is 0 Å². The molecule has 0 radical (unpaired) electrons. The predicted octanol–water partition coefficient (Wildman–Crippen LogP) is 3.17. The number of non-ortho nitro benzene ring substituents is 1. The maximum absolute atomic E-state index is 12.9. The third-order valence-corrected chi connectivity index (χ3v) is 6.27. The van der Waals surface area contributed by atoms with Crippen molar-refractivity contribution in [3.8, 4) is 0 Å². The number of rotatable bonds is 3. The van der Waals surface area contributed by atoms with E-state index < -0.39 is 39.3 Å². The molecule has 0 aliphatic carbocycles. The van der Waals surface area contributed by atoms with E-state index in [0.29, 0.717) is 11.1 Å². The van der Waals surface area contributed by atoms with E-state index in [1.807, 2.05) is 0 Å². The van der Waals surface area contributed by atoms with Gasteiger partial charge in [0.25, 0.3) is 5.69 Å². The van der Waals surface area contributed by atoms with Crippen molar-refractivity contribution in [2.24, 2.45) is 5.92 Å². The van der Waals surface area contributed by atoms with Crippen molar-refractivity contribution >= 4 is 15.7 Å². The second-order valence-corrected chi connectivity index (χ2v) is 7.79. The summed E-state index contributed by atoms with van der Waals surface area (Å²) in [6.45, 7) is 2.32. The van der Waals surface area contributed by atoms with Crippen LogP contribution in [0.25, 0.3) is 0 Å². The molecular formula is C14H17F3N2O4S. The average molecular weight is 366 g/mol. The van der Waals surface area contributed by atoms with Gasteiger partial charge in [-0.1, -0.05) is 0 Å². The molecule has 0 aromatic heterocycles. The highest BCUT2D eigenvalue weighted by Gasteiger charge is 2.44. The van der Waals surface area contributed by atoms with Gasteiger partial charge in [0.1, 0.15) is 0 Å². The van der Waals surface area contributed by atoms with Crippen molar-refractivity contribution < 1.29 is 26.5 Å². The van der Waals surface area contributed by atoms with Gasteiger partial charge in [0, 0.05) is 25.2 Å². The Bertz CT molecular complexity index is 762. The van der Waals surface area contributed by atoms with Gasteiger partial charge in [-0.05, 0) is 37.8 Å². The maximum Gasteiger partial charge on any atom is 0.393 e. The highest BCUT2D eigenvalue weighted by Crippen LogP contribution is 2.36. The molecular weight excluding hydrogens is 349 g/mol. The van der Waals surface area contributed by atoms with Crippen molar-refractivity contribution in [2.45, 2.75) is 37.8 Å². The van der Waals surface area contributed by atoms with E-state index in [2.05, 4.69) is 0 Å². The van der Waals surface area contributed by atoms with Gasteiger partial charge < -0.3 is 0 Å². The number of alkyl halides is 3. The third-order valence-electron chi connectivity index (χ3n) is 4.28. The summed E-state index contributed by atoms with van der Waals surface area (Å²) in [7, 11) is -4.24. The number of nitro groups is 1. The first kappa shape index (κ1) is 18.7. The first-order chi connectivity index (χ1) is 10.9. The van der Waals surface area contributed by atoms with Crippen LogP contribution in [-0.2, 0) is 10.0 Å². The zero-order valence-electron chi connectivity index (χ0n) is 13.1. The van der Waals surface area contributed by atoms with Crippen molar-refractivity contribution in [3.05, 3.63) is 33.4 Å². The molecule has 0 saturated carbocycles. The summed E-state index contributed by atoms with van der Waals surface area (Å²) in [4.78, 5) is 9.92. The highest BCUT2D eigenvalue weighted by atomic mass is 32.2. The second kappa shape index (κ2) is 6.32. The van der Waals surface area contributed by atoms with Gasteiger partial charge in [0.2, 0.25) is 10.0 Å². The minimum Gasteiger partial charge on any atom is -0.258 e. The van der Waals surface area contributed by atoms with Crippen molar-refractivity contribution in [3.63, 3.8) is 0 Å². The summed E-state index contributed by atoms with van der Waals surface area (Å²) in [5.41, 5.74) is 0.294. The fourth-order valence-corrected chi connectivity index (χ4v) is 4.59. The topological polar surface area (TPSA) is 80.5 Å². The minimum atomic E-state index is -4.47. The van der Waals surface area contributed by atoms with Crippen LogP contribution in [0, 0.1) is 29.9 Å². The molecule has 1 aromatic carbocycles. The minimum absolute atomic E-state index is 0.0317. The molecule has 1 aromatic rings. The van der Waals surface area contributed by atoms with E-state index in [1.54, 1.807) is 0 Å². The van der Waals surface area contributed by atoms with Crippen LogP contribution in [0.1, 0.15) is 24.0 Å². The summed E-state index contributed by atoms with van der Waals surface area (Å²) in [5.74, 6) is -1.72. The van der Waals surface area contributed by atoms with E-state index in [0.717, 1.165) is 10.4 Å². The number of aryl methyl sites for hydroxylation is 1. The Morgan fingerprint density at radius 2 is 1.92 bits per heavy atom. The van der Waals surface area contributed by atoms with Gasteiger partial charge in [-0.15, -0.1) is 0 Å². The standard InChI is InChI=1S/C14H17F3N2O4S/c1-9-6-12(19(20)21)7-13(10(9)2)24(22,23)18-5-3-4-11(8-18)14(15,16)17/h6-7,11H,3-5,8H2,1-2H3. The van der Waals surface area contributed by atoms with E-state index >= 15 is 0 Å². The van der Waals surface area contributed by atoms with Crippen LogP contribution < -0.4 is 0 Å². The number of sulfonamides is 1. The van der Waals surface area contributed by atoms with E-state index in [9.17, 15) is 31.7 Å². The third kappa shape index (κ3) is 3.54. The molecule has 1 fully saturated rings. The molecule has 1 heterocycles. The Kier molecular flexibility index (Phi) is 4.91. The number of nitrogens with zero attached hydrogens (tertiary/aromatic N) is 2. The number of hydrogen-bond acceptors (Lipinski definition) is 4. The van der Waals surface area contributed by atoms with Crippen LogP contribution in [0.2, 0.25) is 0 Å². The van der Waals surface area contributed by atoms with Crippen LogP contribution in [0.15, 0.2) is 17.0 Å². The Hall–Kier alpha value is -1.68. The Labute approximate surface area is 137 Å². The van der Waals surface area contributed by atoms with Gasteiger partial charge >= 0.3 is 6.18 Å². The van der Waals surface area contributed by atoms with Crippen LogP contribution in [-0.4, -0.2) is 36.9 Å². The molecule has 6 nitrogen and oxygen atoms in total. The fourth-order valence-electron chi connectivity index (χ4n) is 2.75. The van der Waals surface area contributed by atoms with Crippen molar-refractivity contribution in [2.75, 3.05) is 13.1 Å². The largest absolute Gasteiger partial charge is 0.393 e. The van der Waals surface area contributed by atoms with Crippen LogP contribution in [0.5, 0.6) is 0 Å². The molecule has 10 heteroatoms. The smallest absolute Gasteiger partial charge is 0.258 e. The number of halogens is 3. The van der Waals surface area contributed by atoms with Crippen LogP contribution >= 0.6 is 0 Å². The summed E-state index contributed by atoms with van der Waals surface area (Å²) >= 11 is 0. The monoisotopic (exact) mass is 366 g/mol. The Morgan fingerprint density at radius 1 is 1.29 bits per heavy atom. The summed E-state index contributed by atoms with van der Waals surface area (Å²) in [5, 5.41) is 11.0. The quantitative estimate of drug-likeness (QED) is 0.608. The number of hydrogen-bond donors (Lipinski definition) is 0. The molecule has 1 aliphatic heterocycles. The van der Waals surface area contributed by atoms with Gasteiger partial charge in [-0.2, -0.15) is 17.5 Å². The lowest BCUT2D eigenvalue weighted by molar-refractivity contribution is -0.385. The highest BCUT2D eigenvalue weighted by molar-refractivity contribution is 7.89. The lowest BCUT2D eigenvalue weighted by Gasteiger charge is -2.33. The molecule has 1 atom stereocenters. The summed E-state index contributed by atoms with van der Waals surface area (Å²) < 4.78 is 65.0. The zero-order valence-corrected chi connectivity index (χ0v) is 13.9. The lowest BCUT2D eigenvalue weighted by Crippen LogP contribution is -2.44. The second-order valence-electron chi connectivity index (χ2n) is 5.89. The molecule has 0 bridgehead atoms. The normalized spacial score (nSPS) is 20.1. The van der Waals surface area contributed by atoms with Gasteiger partial charge in [0.05, 0.1) is 15.7 Å². The van der Waals surface area contributed by atoms with Crippen LogP contribution in [0.4, 0.5) is 18.9 Å². The Morgan fingerprint density at radius 3 is 2.46 bits per heavy atom. The molecule has 1 saturated heterocycles. The van der Waals surface area contributed by atoms with Gasteiger partial charge in [-0.3, -0.25) is 10.1 Å². The first-order valence-electron chi connectivity index (χ1n) is 7.27. The SMILES string of the molecule is Cc1cc([N+](=O)[O-])cc(S(=O)(=O)N2CCCC(C(F)(F)F)C2)c1C. The van der Waals surface area contributed by atoms with Crippen molar-refractivity contribution in [1.82, 2.24) is 4.31 Å². The average Bonchev–Trinajstić information content (AvgIpc) is 2.48. The number of benzene rings is 1. The number of piperidine rings is 1. The Balaban J connectivity index is 2.45. The lowest BCUT2D eigenvalue weighted by atomic mass is 9.99. The van der Waals surface area contributed by atoms with E-state index in [1.165, 1.54) is 19.9 Å². The molecule has 0 N–H and O–H groups in total. The number of nitro benzene ring substituents is 1. The van der Waals surface area contributed by atoms with Crippen LogP contribution in [0.3, 0.4) is 0 Å². The zero-order chi connectivity index (χ0) is 18.3. The van der Waals surface area contributed by atoms with Gasteiger partial charge in [-0.25, -0.2) is 8.42 Å². The molecule has 0 spiro atoms.